The van der Waals surface area contributed by atoms with E-state index in [0.29, 0.717) is 10.9 Å². The maximum Gasteiger partial charge on any atom is 0.260 e. The molecule has 0 saturated heterocycles. The minimum Gasteiger partial charge on any atom is -0.256 e. The third-order valence-electron chi connectivity index (χ3n) is 2.46. The lowest BCUT2D eigenvalue weighted by atomic mass is 10.5. The van der Waals surface area contributed by atoms with Crippen LogP contribution in [0.5, 0.6) is 0 Å². The highest BCUT2D eigenvalue weighted by atomic mass is 35.5. The van der Waals surface area contributed by atoms with Gasteiger partial charge in [0.15, 0.2) is 5.03 Å². The highest BCUT2D eigenvalue weighted by molar-refractivity contribution is 7.89. The maximum absolute atomic E-state index is 12.3. The second-order valence-corrected chi connectivity index (χ2v) is 7.55. The largest absolute Gasteiger partial charge is 0.260 e. The summed E-state index contributed by atoms with van der Waals surface area (Å²) in [5, 5.41) is 4.04. The number of rotatable bonds is 4. The molecule has 0 N–H and O–H groups in total. The fraction of sp³-hybridized carbons (Fsp3) is 0.300. The van der Waals surface area contributed by atoms with Crippen LogP contribution in [0.4, 0.5) is 0 Å². The van der Waals surface area contributed by atoms with Crippen LogP contribution in [-0.2, 0) is 23.6 Å². The molecule has 0 spiro atoms. The van der Waals surface area contributed by atoms with E-state index in [0.717, 1.165) is 4.88 Å². The lowest BCUT2D eigenvalue weighted by molar-refractivity contribution is 0.460. The fourth-order valence-electron chi connectivity index (χ4n) is 1.52. The predicted octanol–water partition coefficient (Wildman–Crippen LogP) is 1.96. The summed E-state index contributed by atoms with van der Waals surface area (Å²) in [5.74, 6) is 0. The first-order chi connectivity index (χ1) is 8.41. The van der Waals surface area contributed by atoms with Gasteiger partial charge in [-0.2, -0.15) is 9.40 Å². The summed E-state index contributed by atoms with van der Waals surface area (Å²) >= 11 is 7.19. The summed E-state index contributed by atoms with van der Waals surface area (Å²) < 4.78 is 27.8. The molecule has 18 heavy (non-hydrogen) atoms. The van der Waals surface area contributed by atoms with Gasteiger partial charge >= 0.3 is 0 Å². The molecule has 0 unspecified atom stereocenters. The SMILES string of the molecule is CN(Cc1ccc(Cl)s1)S(=O)(=O)c1ccnn1C. The highest BCUT2D eigenvalue weighted by Crippen LogP contribution is 2.24. The van der Waals surface area contributed by atoms with Crippen LogP contribution in [-0.4, -0.2) is 29.6 Å². The predicted molar refractivity (Wildman–Crippen MR) is 71.2 cm³/mol. The van der Waals surface area contributed by atoms with E-state index in [-0.39, 0.29) is 5.03 Å². The Balaban J connectivity index is 2.23. The lowest BCUT2D eigenvalue weighted by Crippen LogP contribution is -2.27. The number of aryl methyl sites for hydroxylation is 1. The molecule has 0 atom stereocenters. The van der Waals surface area contributed by atoms with Crippen molar-refractivity contribution in [2.45, 2.75) is 11.6 Å². The second-order valence-electron chi connectivity index (χ2n) is 3.76. The first-order valence-corrected chi connectivity index (χ1v) is 7.73. The van der Waals surface area contributed by atoms with Crippen LogP contribution in [0.1, 0.15) is 4.88 Å². The molecule has 2 aromatic rings. The van der Waals surface area contributed by atoms with Crippen molar-refractivity contribution in [3.8, 4) is 0 Å². The van der Waals surface area contributed by atoms with Crippen molar-refractivity contribution in [2.24, 2.45) is 7.05 Å². The van der Waals surface area contributed by atoms with E-state index in [4.69, 9.17) is 11.6 Å². The molecule has 2 aromatic heterocycles. The maximum atomic E-state index is 12.3. The number of hydrogen-bond donors (Lipinski definition) is 0. The summed E-state index contributed by atoms with van der Waals surface area (Å²) in [4.78, 5) is 0.897. The van der Waals surface area contributed by atoms with Crippen LogP contribution in [0.15, 0.2) is 29.4 Å². The molecule has 0 saturated carbocycles. The molecule has 0 fully saturated rings. The van der Waals surface area contributed by atoms with E-state index in [9.17, 15) is 8.42 Å². The standard InChI is InChI=1S/C10H12ClN3O2S2/c1-13(7-8-3-4-9(11)17-8)18(15,16)10-5-6-12-14(10)2/h3-6H,7H2,1-2H3. The van der Waals surface area contributed by atoms with E-state index in [1.807, 2.05) is 6.07 Å². The zero-order chi connectivity index (χ0) is 13.3. The minimum atomic E-state index is -3.52. The zero-order valence-corrected chi connectivity index (χ0v) is 12.3. The van der Waals surface area contributed by atoms with Crippen molar-refractivity contribution in [1.29, 1.82) is 0 Å². The number of aromatic nitrogens is 2. The summed E-state index contributed by atoms with van der Waals surface area (Å²) in [6.45, 7) is 0.297. The van der Waals surface area contributed by atoms with Crippen molar-refractivity contribution < 1.29 is 8.42 Å². The van der Waals surface area contributed by atoms with Crippen molar-refractivity contribution in [3.05, 3.63) is 33.6 Å². The van der Waals surface area contributed by atoms with Crippen molar-refractivity contribution in [1.82, 2.24) is 14.1 Å². The monoisotopic (exact) mass is 305 g/mol. The van der Waals surface area contributed by atoms with E-state index in [2.05, 4.69) is 5.10 Å². The van der Waals surface area contributed by atoms with Crippen molar-refractivity contribution in [3.63, 3.8) is 0 Å². The summed E-state index contributed by atoms with van der Waals surface area (Å²) in [5.41, 5.74) is 0. The number of halogens is 1. The van der Waals surface area contributed by atoms with Crippen LogP contribution < -0.4 is 0 Å². The second kappa shape index (κ2) is 5.00. The number of hydrogen-bond acceptors (Lipinski definition) is 4. The molecule has 0 aliphatic carbocycles. The quantitative estimate of drug-likeness (QED) is 0.867. The molecule has 5 nitrogen and oxygen atoms in total. The van der Waals surface area contributed by atoms with E-state index >= 15 is 0 Å². The van der Waals surface area contributed by atoms with Gasteiger partial charge in [-0.1, -0.05) is 11.6 Å². The molecule has 0 aliphatic heterocycles. The number of sulfonamides is 1. The molecule has 2 heterocycles. The average Bonchev–Trinajstić information content (AvgIpc) is 2.87. The van der Waals surface area contributed by atoms with E-state index in [1.165, 1.54) is 39.6 Å². The van der Waals surface area contributed by atoms with Gasteiger partial charge in [0.1, 0.15) is 0 Å². The van der Waals surface area contributed by atoms with Gasteiger partial charge in [0.05, 0.1) is 10.5 Å². The Kier molecular flexibility index (Phi) is 3.76. The summed E-state index contributed by atoms with van der Waals surface area (Å²) in [7, 11) is -0.380. The molecule has 2 rings (SSSR count). The Morgan fingerprint density at radius 1 is 1.44 bits per heavy atom. The Morgan fingerprint density at radius 3 is 2.67 bits per heavy atom. The number of nitrogens with zero attached hydrogens (tertiary/aromatic N) is 3. The minimum absolute atomic E-state index is 0.174. The normalized spacial score (nSPS) is 12.2. The van der Waals surface area contributed by atoms with Gasteiger partial charge in [-0.25, -0.2) is 8.42 Å². The molecule has 98 valence electrons. The first kappa shape index (κ1) is 13.5. The Morgan fingerprint density at radius 2 is 2.17 bits per heavy atom. The van der Waals surface area contributed by atoms with Crippen LogP contribution in [0, 0.1) is 0 Å². The van der Waals surface area contributed by atoms with Gasteiger partial charge in [0, 0.05) is 25.5 Å². The third-order valence-corrected chi connectivity index (χ3v) is 5.55. The van der Waals surface area contributed by atoms with Crippen LogP contribution >= 0.6 is 22.9 Å². The first-order valence-electron chi connectivity index (χ1n) is 5.10. The third kappa shape index (κ3) is 2.59. The van der Waals surface area contributed by atoms with Crippen molar-refractivity contribution in [2.75, 3.05) is 7.05 Å². The fourth-order valence-corrected chi connectivity index (χ4v) is 3.98. The highest BCUT2D eigenvalue weighted by Gasteiger charge is 2.24. The van der Waals surface area contributed by atoms with Crippen LogP contribution in [0.25, 0.3) is 0 Å². The van der Waals surface area contributed by atoms with Gasteiger partial charge in [0.25, 0.3) is 10.0 Å². The van der Waals surface area contributed by atoms with Gasteiger partial charge in [-0.05, 0) is 18.2 Å². The Bertz CT molecular complexity index is 648. The van der Waals surface area contributed by atoms with Gasteiger partial charge < -0.3 is 0 Å². The number of thiophene rings is 1. The van der Waals surface area contributed by atoms with Crippen molar-refractivity contribution >= 4 is 33.0 Å². The Labute approximate surface area is 115 Å². The summed E-state index contributed by atoms with van der Waals surface area (Å²) in [6.07, 6.45) is 1.46. The van der Waals surface area contributed by atoms with Gasteiger partial charge in [-0.15, -0.1) is 11.3 Å². The molecule has 8 heteroatoms. The van der Waals surface area contributed by atoms with Crippen LogP contribution in [0.3, 0.4) is 0 Å². The average molecular weight is 306 g/mol. The van der Waals surface area contributed by atoms with Crippen LogP contribution in [0.2, 0.25) is 4.34 Å². The Hall–Kier alpha value is -0.890. The molecule has 0 bridgehead atoms. The lowest BCUT2D eigenvalue weighted by Gasteiger charge is -2.15. The topological polar surface area (TPSA) is 55.2 Å². The molecule has 0 radical (unpaired) electrons. The summed E-state index contributed by atoms with van der Waals surface area (Å²) in [6, 6.07) is 5.06. The molecular formula is C10H12ClN3O2S2. The molecule has 0 aromatic carbocycles. The van der Waals surface area contributed by atoms with E-state index in [1.54, 1.807) is 13.1 Å². The van der Waals surface area contributed by atoms with Gasteiger partial charge in [0.2, 0.25) is 0 Å². The molecule has 0 amide bonds. The molecular weight excluding hydrogens is 294 g/mol. The van der Waals surface area contributed by atoms with Gasteiger partial charge in [-0.3, -0.25) is 4.68 Å². The molecule has 0 aliphatic rings. The van der Waals surface area contributed by atoms with E-state index < -0.39 is 10.0 Å². The smallest absolute Gasteiger partial charge is 0.256 e. The zero-order valence-electron chi connectivity index (χ0n) is 9.87.